The van der Waals surface area contributed by atoms with E-state index < -0.39 is 11.4 Å². The van der Waals surface area contributed by atoms with Gasteiger partial charge in [0.2, 0.25) is 5.91 Å². The van der Waals surface area contributed by atoms with Crippen molar-refractivity contribution >= 4 is 21.8 Å². The molecule has 3 nitrogen and oxygen atoms in total. The Bertz CT molecular complexity index is 407. The molecule has 0 atom stereocenters. The van der Waals surface area contributed by atoms with Crippen LogP contribution in [0.2, 0.25) is 0 Å². The number of halogens is 2. The minimum absolute atomic E-state index is 0.259. The fourth-order valence-corrected chi connectivity index (χ4v) is 1.40. The highest BCUT2D eigenvalue weighted by Gasteiger charge is 2.23. The van der Waals surface area contributed by atoms with Gasteiger partial charge in [-0.3, -0.25) is 10.1 Å². The van der Waals surface area contributed by atoms with Gasteiger partial charge in [0.15, 0.2) is 0 Å². The van der Waals surface area contributed by atoms with E-state index in [0.29, 0.717) is 10.0 Å². The van der Waals surface area contributed by atoms with E-state index in [2.05, 4.69) is 21.2 Å². The zero-order valence-corrected chi connectivity index (χ0v) is 10.8. The Morgan fingerprint density at radius 3 is 2.69 bits per heavy atom. The lowest BCUT2D eigenvalue weighted by Gasteiger charge is -2.22. The average Bonchev–Trinajstić information content (AvgIpc) is 2.16. The molecule has 1 aromatic carbocycles. The van der Waals surface area contributed by atoms with Crippen LogP contribution in [0.5, 0.6) is 0 Å². The van der Waals surface area contributed by atoms with E-state index in [4.69, 9.17) is 5.73 Å². The molecule has 0 bridgehead atoms. The van der Waals surface area contributed by atoms with E-state index in [1.807, 2.05) is 0 Å². The topological polar surface area (TPSA) is 55.1 Å². The number of benzene rings is 1. The van der Waals surface area contributed by atoms with Crippen LogP contribution in [0.3, 0.4) is 0 Å². The number of hydrogen-bond acceptors (Lipinski definition) is 2. The van der Waals surface area contributed by atoms with Crippen LogP contribution < -0.4 is 11.1 Å². The maximum absolute atomic E-state index is 13.4. The van der Waals surface area contributed by atoms with Gasteiger partial charge < -0.3 is 5.73 Å². The SMILES string of the molecule is CC(C)(NCc1ccc(Br)cc1F)C(N)=O. The number of nitrogens with two attached hydrogens (primary N) is 1. The van der Waals surface area contributed by atoms with E-state index in [-0.39, 0.29) is 12.4 Å². The minimum atomic E-state index is -0.848. The normalized spacial score (nSPS) is 11.5. The molecule has 0 fully saturated rings. The molecule has 5 heteroatoms. The summed E-state index contributed by atoms with van der Waals surface area (Å²) in [6.07, 6.45) is 0. The van der Waals surface area contributed by atoms with Gasteiger partial charge in [-0.2, -0.15) is 0 Å². The fourth-order valence-electron chi connectivity index (χ4n) is 1.07. The summed E-state index contributed by atoms with van der Waals surface area (Å²) in [7, 11) is 0. The highest BCUT2D eigenvalue weighted by Crippen LogP contribution is 2.15. The molecular weight excluding hydrogens is 275 g/mol. The van der Waals surface area contributed by atoms with Crippen LogP contribution in [-0.2, 0) is 11.3 Å². The van der Waals surface area contributed by atoms with Crippen molar-refractivity contribution in [2.75, 3.05) is 0 Å². The lowest BCUT2D eigenvalue weighted by atomic mass is 10.0. The lowest BCUT2D eigenvalue weighted by molar-refractivity contribution is -0.123. The van der Waals surface area contributed by atoms with Crippen LogP contribution in [0.25, 0.3) is 0 Å². The molecule has 1 rings (SSSR count). The minimum Gasteiger partial charge on any atom is -0.368 e. The summed E-state index contributed by atoms with van der Waals surface area (Å²) in [6.45, 7) is 3.58. The molecule has 0 aliphatic heterocycles. The van der Waals surface area contributed by atoms with Crippen LogP contribution >= 0.6 is 15.9 Å². The van der Waals surface area contributed by atoms with E-state index in [0.717, 1.165) is 0 Å². The van der Waals surface area contributed by atoms with Gasteiger partial charge in [-0.15, -0.1) is 0 Å². The summed E-state index contributed by atoms with van der Waals surface area (Å²) in [5.74, 6) is -0.785. The Morgan fingerprint density at radius 2 is 2.19 bits per heavy atom. The third-order valence-electron chi connectivity index (χ3n) is 2.35. The van der Waals surface area contributed by atoms with Crippen LogP contribution in [0.1, 0.15) is 19.4 Å². The number of carbonyl (C=O) groups is 1. The van der Waals surface area contributed by atoms with Crippen LogP contribution in [-0.4, -0.2) is 11.4 Å². The first-order chi connectivity index (χ1) is 7.33. The van der Waals surface area contributed by atoms with Crippen molar-refractivity contribution in [2.24, 2.45) is 5.73 Å². The van der Waals surface area contributed by atoms with Crippen molar-refractivity contribution in [2.45, 2.75) is 25.9 Å². The third kappa shape index (κ3) is 3.28. The summed E-state index contributed by atoms with van der Waals surface area (Å²) in [4.78, 5) is 11.0. The zero-order chi connectivity index (χ0) is 12.3. The second-order valence-electron chi connectivity index (χ2n) is 4.08. The molecule has 0 saturated carbocycles. The highest BCUT2D eigenvalue weighted by atomic mass is 79.9. The van der Waals surface area contributed by atoms with Crippen molar-refractivity contribution < 1.29 is 9.18 Å². The molecular formula is C11H14BrFN2O. The van der Waals surface area contributed by atoms with Crippen molar-refractivity contribution in [3.63, 3.8) is 0 Å². The van der Waals surface area contributed by atoms with Gasteiger partial charge >= 0.3 is 0 Å². The molecule has 0 unspecified atom stereocenters. The summed E-state index contributed by atoms with van der Waals surface area (Å²) in [6, 6.07) is 4.79. The van der Waals surface area contributed by atoms with Crippen molar-refractivity contribution in [3.05, 3.63) is 34.1 Å². The van der Waals surface area contributed by atoms with Crippen LogP contribution in [0.15, 0.2) is 22.7 Å². The zero-order valence-electron chi connectivity index (χ0n) is 9.18. The van der Waals surface area contributed by atoms with Gasteiger partial charge in [-0.05, 0) is 26.0 Å². The fraction of sp³-hybridized carbons (Fsp3) is 0.364. The summed E-state index contributed by atoms with van der Waals surface area (Å²) >= 11 is 3.18. The molecule has 0 saturated heterocycles. The molecule has 0 aromatic heterocycles. The standard InChI is InChI=1S/C11H14BrFN2O/c1-11(2,10(14)16)15-6-7-3-4-8(12)5-9(7)13/h3-5,15H,6H2,1-2H3,(H2,14,16). The Hall–Kier alpha value is -0.940. The number of carbonyl (C=O) groups excluding carboxylic acids is 1. The number of rotatable bonds is 4. The first kappa shape index (κ1) is 13.1. The van der Waals surface area contributed by atoms with Gasteiger partial charge in [0.1, 0.15) is 5.82 Å². The van der Waals surface area contributed by atoms with Crippen LogP contribution in [0, 0.1) is 5.82 Å². The average molecular weight is 289 g/mol. The van der Waals surface area contributed by atoms with E-state index >= 15 is 0 Å². The second-order valence-corrected chi connectivity index (χ2v) is 4.99. The van der Waals surface area contributed by atoms with Crippen molar-refractivity contribution in [1.29, 1.82) is 0 Å². The van der Waals surface area contributed by atoms with Gasteiger partial charge in [0, 0.05) is 16.6 Å². The summed E-state index contributed by atoms with van der Waals surface area (Å²) in [5.41, 5.74) is 4.84. The molecule has 0 radical (unpaired) electrons. The molecule has 88 valence electrons. The molecule has 1 aromatic rings. The predicted octanol–water partition coefficient (Wildman–Crippen LogP) is 1.94. The van der Waals surface area contributed by atoms with Crippen LogP contribution in [0.4, 0.5) is 4.39 Å². The van der Waals surface area contributed by atoms with Gasteiger partial charge in [-0.1, -0.05) is 22.0 Å². The highest BCUT2D eigenvalue weighted by molar-refractivity contribution is 9.10. The Morgan fingerprint density at radius 1 is 1.56 bits per heavy atom. The largest absolute Gasteiger partial charge is 0.368 e. The molecule has 3 N–H and O–H groups in total. The number of primary amides is 1. The lowest BCUT2D eigenvalue weighted by Crippen LogP contribution is -2.50. The first-order valence-corrected chi connectivity index (χ1v) is 5.61. The quantitative estimate of drug-likeness (QED) is 0.890. The maximum Gasteiger partial charge on any atom is 0.237 e. The number of amides is 1. The Balaban J connectivity index is 2.72. The monoisotopic (exact) mass is 288 g/mol. The maximum atomic E-state index is 13.4. The summed E-state index contributed by atoms with van der Waals surface area (Å²) in [5, 5.41) is 2.91. The number of hydrogen-bond donors (Lipinski definition) is 2. The second kappa shape index (κ2) is 4.93. The molecule has 0 aliphatic rings. The first-order valence-electron chi connectivity index (χ1n) is 4.82. The van der Waals surface area contributed by atoms with E-state index in [1.165, 1.54) is 6.07 Å². The Kier molecular flexibility index (Phi) is 4.04. The summed E-state index contributed by atoms with van der Waals surface area (Å²) < 4.78 is 14.1. The Labute approximate surface area is 102 Å². The number of nitrogens with one attached hydrogen (secondary N) is 1. The van der Waals surface area contributed by atoms with Gasteiger partial charge in [0.25, 0.3) is 0 Å². The van der Waals surface area contributed by atoms with E-state index in [1.54, 1.807) is 26.0 Å². The molecule has 0 spiro atoms. The third-order valence-corrected chi connectivity index (χ3v) is 2.85. The van der Waals surface area contributed by atoms with Crippen molar-refractivity contribution in [3.8, 4) is 0 Å². The van der Waals surface area contributed by atoms with E-state index in [9.17, 15) is 9.18 Å². The predicted molar refractivity (Wildman–Crippen MR) is 64.2 cm³/mol. The smallest absolute Gasteiger partial charge is 0.237 e. The van der Waals surface area contributed by atoms with Crippen molar-refractivity contribution in [1.82, 2.24) is 5.32 Å². The van der Waals surface area contributed by atoms with Gasteiger partial charge in [0.05, 0.1) is 5.54 Å². The molecule has 0 aliphatic carbocycles. The molecule has 16 heavy (non-hydrogen) atoms. The molecule has 0 heterocycles. The molecule has 1 amide bonds. The van der Waals surface area contributed by atoms with Gasteiger partial charge in [-0.25, -0.2) is 4.39 Å².